The molecule has 2 fully saturated rings. The second-order valence-corrected chi connectivity index (χ2v) is 11.9. The molecule has 3 atom stereocenters. The van der Waals surface area contributed by atoms with Crippen molar-refractivity contribution in [2.45, 2.75) is 78.6 Å². The minimum atomic E-state index is -0.694. The van der Waals surface area contributed by atoms with Crippen LogP contribution in [-0.2, 0) is 22.7 Å². The maximum absolute atomic E-state index is 13.3. The number of nitrogens with zero attached hydrogens (tertiary/aromatic N) is 4. The standard InChI is InChI=1S/C31H47N5O4/c1-6-36-27(9-13-33-36)24-7-8-25(29(17-24)40-16-12-23-10-14-34(5)15-11-23)19-32-30(38)28-18-26(37)20-35(28)31(39)22(4)21(2)3/h7-9,13,17,21-23,26,28,37H,6,10-12,14-16,18-20H2,1-5H3,(H,32,38). The Hall–Kier alpha value is -2.91. The number of aryl methyl sites for hydroxylation is 1. The molecule has 2 aliphatic heterocycles. The van der Waals surface area contributed by atoms with Crippen LogP contribution in [0.15, 0.2) is 30.5 Å². The summed E-state index contributed by atoms with van der Waals surface area (Å²) in [7, 11) is 2.17. The minimum absolute atomic E-state index is 0.0819. The molecule has 3 unspecified atom stereocenters. The average Bonchev–Trinajstić information content (AvgIpc) is 3.59. The summed E-state index contributed by atoms with van der Waals surface area (Å²) in [4.78, 5) is 30.3. The Bertz CT molecular complexity index is 1140. The molecular formula is C31H47N5O4. The lowest BCUT2D eigenvalue weighted by Gasteiger charge is -2.29. The molecule has 0 aliphatic carbocycles. The highest BCUT2D eigenvalue weighted by molar-refractivity contribution is 5.89. The molecule has 4 rings (SSSR count). The first kappa shape index (κ1) is 30.1. The van der Waals surface area contributed by atoms with Crippen LogP contribution < -0.4 is 10.1 Å². The molecule has 3 heterocycles. The fourth-order valence-electron chi connectivity index (χ4n) is 5.66. The SMILES string of the molecule is CCn1nccc1-c1ccc(CNC(=O)C2CC(O)CN2C(=O)C(C)C(C)C)c(OCCC2CCN(C)CC2)c1. The van der Waals surface area contributed by atoms with Gasteiger partial charge >= 0.3 is 0 Å². The number of aromatic nitrogens is 2. The van der Waals surface area contributed by atoms with E-state index in [1.54, 1.807) is 11.1 Å². The predicted molar refractivity (Wildman–Crippen MR) is 156 cm³/mol. The van der Waals surface area contributed by atoms with Gasteiger partial charge in [0.2, 0.25) is 11.8 Å². The lowest BCUT2D eigenvalue weighted by molar-refractivity contribution is -0.142. The molecule has 0 bridgehead atoms. The molecule has 220 valence electrons. The van der Waals surface area contributed by atoms with Crippen LogP contribution in [0.25, 0.3) is 11.3 Å². The van der Waals surface area contributed by atoms with Gasteiger partial charge in [-0.05, 0) is 70.3 Å². The maximum atomic E-state index is 13.3. The summed E-state index contributed by atoms with van der Waals surface area (Å²) in [5, 5.41) is 17.7. The molecule has 2 aromatic rings. The van der Waals surface area contributed by atoms with Crippen molar-refractivity contribution in [3.8, 4) is 17.0 Å². The fourth-order valence-corrected chi connectivity index (χ4v) is 5.66. The summed E-state index contributed by atoms with van der Waals surface area (Å²) in [5.74, 6) is 1.03. The van der Waals surface area contributed by atoms with E-state index in [4.69, 9.17) is 4.74 Å². The van der Waals surface area contributed by atoms with Crippen molar-refractivity contribution >= 4 is 11.8 Å². The number of aliphatic hydroxyl groups is 1. The molecule has 9 nitrogen and oxygen atoms in total. The van der Waals surface area contributed by atoms with Gasteiger partial charge < -0.3 is 25.0 Å². The summed E-state index contributed by atoms with van der Waals surface area (Å²) in [5.41, 5.74) is 2.92. The van der Waals surface area contributed by atoms with E-state index in [0.717, 1.165) is 48.6 Å². The number of β-amino-alcohol motifs (C(OH)–C–C–N with tert-alkyl or cyclic N) is 1. The molecule has 0 spiro atoms. The van der Waals surface area contributed by atoms with Crippen LogP contribution in [0, 0.1) is 17.8 Å². The Kier molecular flexibility index (Phi) is 10.2. The number of carbonyl (C=O) groups excluding carboxylic acids is 2. The van der Waals surface area contributed by atoms with Crippen molar-refractivity contribution in [2.24, 2.45) is 17.8 Å². The van der Waals surface area contributed by atoms with Gasteiger partial charge in [-0.2, -0.15) is 5.10 Å². The zero-order chi connectivity index (χ0) is 28.8. The molecule has 40 heavy (non-hydrogen) atoms. The van der Waals surface area contributed by atoms with Gasteiger partial charge in [0.1, 0.15) is 11.8 Å². The van der Waals surface area contributed by atoms with Crippen molar-refractivity contribution in [1.82, 2.24) is 24.9 Å². The maximum Gasteiger partial charge on any atom is 0.243 e. The highest BCUT2D eigenvalue weighted by atomic mass is 16.5. The number of amides is 2. The van der Waals surface area contributed by atoms with Crippen LogP contribution in [-0.4, -0.2) is 81.9 Å². The first-order valence-corrected chi connectivity index (χ1v) is 14.9. The Labute approximate surface area is 238 Å². The zero-order valence-corrected chi connectivity index (χ0v) is 24.8. The van der Waals surface area contributed by atoms with Crippen LogP contribution in [0.3, 0.4) is 0 Å². The quantitative estimate of drug-likeness (QED) is 0.442. The van der Waals surface area contributed by atoms with Gasteiger partial charge in [-0.25, -0.2) is 0 Å². The summed E-state index contributed by atoms with van der Waals surface area (Å²) in [6.07, 6.45) is 4.74. The number of benzene rings is 1. The highest BCUT2D eigenvalue weighted by Crippen LogP contribution is 2.29. The number of rotatable bonds is 11. The highest BCUT2D eigenvalue weighted by Gasteiger charge is 2.40. The summed E-state index contributed by atoms with van der Waals surface area (Å²) < 4.78 is 8.32. The number of carbonyl (C=O) groups is 2. The van der Waals surface area contributed by atoms with Gasteiger partial charge in [0, 0.05) is 49.3 Å². The van der Waals surface area contributed by atoms with E-state index in [-0.39, 0.29) is 43.2 Å². The van der Waals surface area contributed by atoms with E-state index >= 15 is 0 Å². The topological polar surface area (TPSA) is 99.9 Å². The molecule has 9 heteroatoms. The normalized spacial score (nSPS) is 21.1. The summed E-state index contributed by atoms with van der Waals surface area (Å²) in [6.45, 7) is 12.1. The van der Waals surface area contributed by atoms with E-state index in [2.05, 4.69) is 29.3 Å². The van der Waals surface area contributed by atoms with Gasteiger partial charge in [0.05, 0.1) is 18.4 Å². The largest absolute Gasteiger partial charge is 0.493 e. The van der Waals surface area contributed by atoms with E-state index in [0.29, 0.717) is 12.5 Å². The summed E-state index contributed by atoms with van der Waals surface area (Å²) >= 11 is 0. The van der Waals surface area contributed by atoms with Gasteiger partial charge in [0.15, 0.2) is 0 Å². The number of nitrogens with one attached hydrogen (secondary N) is 1. The van der Waals surface area contributed by atoms with Crippen LogP contribution in [0.1, 0.15) is 58.9 Å². The van der Waals surface area contributed by atoms with Gasteiger partial charge in [-0.3, -0.25) is 14.3 Å². The van der Waals surface area contributed by atoms with Gasteiger partial charge in [-0.15, -0.1) is 0 Å². The molecule has 2 aliphatic rings. The molecule has 2 saturated heterocycles. The lowest BCUT2D eigenvalue weighted by Crippen LogP contribution is -2.48. The minimum Gasteiger partial charge on any atom is -0.493 e. The van der Waals surface area contributed by atoms with Crippen LogP contribution in [0.4, 0.5) is 0 Å². The molecule has 0 radical (unpaired) electrons. The number of hydrogen-bond acceptors (Lipinski definition) is 6. The molecule has 2 amide bonds. The number of piperidine rings is 1. The Morgan fingerprint density at radius 3 is 2.62 bits per heavy atom. The van der Waals surface area contributed by atoms with Crippen molar-refractivity contribution in [2.75, 3.05) is 33.3 Å². The van der Waals surface area contributed by atoms with Gasteiger partial charge in [0.25, 0.3) is 0 Å². The molecule has 0 saturated carbocycles. The molecule has 1 aromatic carbocycles. The van der Waals surface area contributed by atoms with Crippen LogP contribution >= 0.6 is 0 Å². The van der Waals surface area contributed by atoms with Crippen molar-refractivity contribution < 1.29 is 19.4 Å². The molecule has 2 N–H and O–H groups in total. The number of hydrogen-bond donors (Lipinski definition) is 2. The average molecular weight is 554 g/mol. The molecular weight excluding hydrogens is 506 g/mol. The zero-order valence-electron chi connectivity index (χ0n) is 24.8. The third-order valence-electron chi connectivity index (χ3n) is 8.71. The molecule has 1 aromatic heterocycles. The number of aliphatic hydroxyl groups excluding tert-OH is 1. The summed E-state index contributed by atoms with van der Waals surface area (Å²) in [6, 6.07) is 7.40. The third kappa shape index (κ3) is 7.23. The smallest absolute Gasteiger partial charge is 0.243 e. The fraction of sp³-hybridized carbons (Fsp3) is 0.645. The Balaban J connectivity index is 1.46. The van der Waals surface area contributed by atoms with E-state index in [1.807, 2.05) is 49.7 Å². The van der Waals surface area contributed by atoms with Crippen LogP contribution in [0.2, 0.25) is 0 Å². The monoisotopic (exact) mass is 553 g/mol. The Morgan fingerprint density at radius 2 is 1.93 bits per heavy atom. The van der Waals surface area contributed by atoms with Crippen LogP contribution in [0.5, 0.6) is 5.75 Å². The lowest BCUT2D eigenvalue weighted by atomic mass is 9.94. The van der Waals surface area contributed by atoms with Gasteiger partial charge in [-0.1, -0.05) is 32.9 Å². The predicted octanol–water partition coefficient (Wildman–Crippen LogP) is 3.55. The van der Waals surface area contributed by atoms with Crippen molar-refractivity contribution in [3.05, 3.63) is 36.0 Å². The first-order valence-electron chi connectivity index (χ1n) is 14.9. The van der Waals surface area contributed by atoms with E-state index in [1.165, 1.54) is 12.8 Å². The number of ether oxygens (including phenoxy) is 1. The number of likely N-dealkylation sites (tertiary alicyclic amines) is 2. The third-order valence-corrected chi connectivity index (χ3v) is 8.71. The van der Waals surface area contributed by atoms with Crippen molar-refractivity contribution in [1.29, 1.82) is 0 Å². The second kappa shape index (κ2) is 13.6. The second-order valence-electron chi connectivity index (χ2n) is 11.9. The van der Waals surface area contributed by atoms with E-state index < -0.39 is 12.1 Å². The first-order chi connectivity index (χ1) is 19.2. The van der Waals surface area contributed by atoms with Crippen molar-refractivity contribution in [3.63, 3.8) is 0 Å². The van der Waals surface area contributed by atoms with E-state index in [9.17, 15) is 14.7 Å². The Morgan fingerprint density at radius 1 is 1.18 bits per heavy atom.